The number of aromatic nitrogens is 3. The highest BCUT2D eigenvalue weighted by molar-refractivity contribution is 7.99. The number of hydrogen-bond acceptors (Lipinski definition) is 4. The molecule has 0 spiro atoms. The minimum absolute atomic E-state index is 0.352. The van der Waals surface area contributed by atoms with Crippen LogP contribution >= 0.6 is 11.8 Å². The lowest BCUT2D eigenvalue weighted by molar-refractivity contribution is 0.526. The molecule has 1 aromatic rings. The van der Waals surface area contributed by atoms with Crippen LogP contribution in [0.25, 0.3) is 0 Å². The van der Waals surface area contributed by atoms with Crippen molar-refractivity contribution in [2.45, 2.75) is 38.0 Å². The third-order valence-electron chi connectivity index (χ3n) is 1.99. The Bertz CT molecular complexity index is 319. The normalized spacial score (nSPS) is 10.9. The maximum Gasteiger partial charge on any atom is 0.191 e. The van der Waals surface area contributed by atoms with Gasteiger partial charge in [0.1, 0.15) is 5.82 Å². The molecule has 1 aromatic heterocycles. The number of hydrogen-bond donors (Lipinski definition) is 1. The first kappa shape index (κ1) is 12.3. The number of allylic oxidation sites excluding steroid dienone is 1. The van der Waals surface area contributed by atoms with Crippen molar-refractivity contribution >= 4 is 11.8 Å². The van der Waals surface area contributed by atoms with Gasteiger partial charge < -0.3 is 10.3 Å². The topological polar surface area (TPSA) is 56.7 Å². The van der Waals surface area contributed by atoms with Crippen LogP contribution in [-0.4, -0.2) is 20.5 Å². The van der Waals surface area contributed by atoms with Crippen molar-refractivity contribution in [1.29, 1.82) is 0 Å². The lowest BCUT2D eigenvalue weighted by Gasteiger charge is -2.12. The van der Waals surface area contributed by atoms with Gasteiger partial charge in [0.05, 0.1) is 6.54 Å². The zero-order chi connectivity index (χ0) is 11.3. The quantitative estimate of drug-likeness (QED) is 0.458. The Kier molecular flexibility index (Phi) is 4.84. The van der Waals surface area contributed by atoms with E-state index in [0.717, 1.165) is 23.2 Å². The molecular weight excluding hydrogens is 208 g/mol. The SMILES string of the molecule is C=CCCSc1nnc(CN)n1C(C)C. The van der Waals surface area contributed by atoms with E-state index in [9.17, 15) is 0 Å². The van der Waals surface area contributed by atoms with E-state index in [-0.39, 0.29) is 0 Å². The zero-order valence-electron chi connectivity index (χ0n) is 9.31. The summed E-state index contributed by atoms with van der Waals surface area (Å²) in [6.07, 6.45) is 2.89. The van der Waals surface area contributed by atoms with Gasteiger partial charge in [0.15, 0.2) is 5.16 Å². The summed E-state index contributed by atoms with van der Waals surface area (Å²) in [5, 5.41) is 9.17. The molecule has 0 radical (unpaired) electrons. The zero-order valence-corrected chi connectivity index (χ0v) is 10.1. The molecular formula is C10H18N4S. The molecule has 1 rings (SSSR count). The van der Waals surface area contributed by atoms with E-state index in [0.29, 0.717) is 12.6 Å². The van der Waals surface area contributed by atoms with Gasteiger partial charge in [0.2, 0.25) is 0 Å². The average Bonchev–Trinajstić information content (AvgIpc) is 2.61. The van der Waals surface area contributed by atoms with Gasteiger partial charge in [-0.05, 0) is 20.3 Å². The fraction of sp³-hybridized carbons (Fsp3) is 0.600. The van der Waals surface area contributed by atoms with Gasteiger partial charge in [-0.3, -0.25) is 0 Å². The predicted molar refractivity (Wildman–Crippen MR) is 63.8 cm³/mol. The van der Waals surface area contributed by atoms with Gasteiger partial charge in [0.25, 0.3) is 0 Å². The summed E-state index contributed by atoms with van der Waals surface area (Å²) >= 11 is 1.70. The summed E-state index contributed by atoms with van der Waals surface area (Å²) in [6, 6.07) is 0.352. The number of nitrogens with zero attached hydrogens (tertiary/aromatic N) is 3. The van der Waals surface area contributed by atoms with Gasteiger partial charge in [-0.2, -0.15) is 0 Å². The monoisotopic (exact) mass is 226 g/mol. The van der Waals surface area contributed by atoms with Crippen molar-refractivity contribution in [2.75, 3.05) is 5.75 Å². The molecule has 15 heavy (non-hydrogen) atoms. The van der Waals surface area contributed by atoms with Crippen molar-refractivity contribution in [3.63, 3.8) is 0 Å². The van der Waals surface area contributed by atoms with Crippen LogP contribution in [-0.2, 0) is 6.54 Å². The van der Waals surface area contributed by atoms with Crippen LogP contribution in [0.5, 0.6) is 0 Å². The van der Waals surface area contributed by atoms with Gasteiger partial charge in [-0.15, -0.1) is 16.8 Å². The van der Waals surface area contributed by atoms with Crippen molar-refractivity contribution in [3.05, 3.63) is 18.5 Å². The Balaban J connectivity index is 2.77. The molecule has 0 saturated heterocycles. The summed E-state index contributed by atoms with van der Waals surface area (Å²) in [5.41, 5.74) is 5.61. The Morgan fingerprint density at radius 2 is 2.27 bits per heavy atom. The Morgan fingerprint density at radius 3 is 2.80 bits per heavy atom. The Morgan fingerprint density at radius 1 is 1.53 bits per heavy atom. The second-order valence-corrected chi connectivity index (χ2v) is 4.55. The van der Waals surface area contributed by atoms with Crippen LogP contribution in [0.3, 0.4) is 0 Å². The van der Waals surface area contributed by atoms with E-state index in [4.69, 9.17) is 5.73 Å². The van der Waals surface area contributed by atoms with E-state index in [2.05, 4.69) is 35.2 Å². The van der Waals surface area contributed by atoms with Crippen LogP contribution in [0, 0.1) is 0 Å². The van der Waals surface area contributed by atoms with Crippen LogP contribution in [0.2, 0.25) is 0 Å². The third kappa shape index (κ3) is 3.07. The Hall–Kier alpha value is -0.810. The molecule has 0 aliphatic carbocycles. The first-order valence-corrected chi connectivity index (χ1v) is 6.06. The fourth-order valence-electron chi connectivity index (χ4n) is 1.30. The predicted octanol–water partition coefficient (Wildman–Crippen LogP) is 1.99. The summed E-state index contributed by atoms with van der Waals surface area (Å²) in [4.78, 5) is 0. The third-order valence-corrected chi connectivity index (χ3v) is 2.96. The highest BCUT2D eigenvalue weighted by Gasteiger charge is 2.13. The van der Waals surface area contributed by atoms with Crippen LogP contribution < -0.4 is 5.73 Å². The van der Waals surface area contributed by atoms with E-state index in [1.54, 1.807) is 11.8 Å². The molecule has 0 aliphatic rings. The van der Waals surface area contributed by atoms with E-state index < -0.39 is 0 Å². The highest BCUT2D eigenvalue weighted by atomic mass is 32.2. The minimum Gasteiger partial charge on any atom is -0.324 e. The maximum absolute atomic E-state index is 5.61. The largest absolute Gasteiger partial charge is 0.324 e. The molecule has 5 heteroatoms. The minimum atomic E-state index is 0.352. The van der Waals surface area contributed by atoms with E-state index in [1.165, 1.54) is 0 Å². The molecule has 0 aromatic carbocycles. The first-order valence-electron chi connectivity index (χ1n) is 5.08. The summed E-state index contributed by atoms with van der Waals surface area (Å²) in [5.74, 6) is 1.84. The smallest absolute Gasteiger partial charge is 0.191 e. The molecule has 4 nitrogen and oxygen atoms in total. The number of thioether (sulfide) groups is 1. The molecule has 0 bridgehead atoms. The average molecular weight is 226 g/mol. The molecule has 0 atom stereocenters. The van der Waals surface area contributed by atoms with Crippen molar-refractivity contribution < 1.29 is 0 Å². The van der Waals surface area contributed by atoms with Crippen molar-refractivity contribution in [2.24, 2.45) is 5.73 Å². The van der Waals surface area contributed by atoms with Gasteiger partial charge >= 0.3 is 0 Å². The van der Waals surface area contributed by atoms with E-state index in [1.807, 2.05) is 6.08 Å². The second kappa shape index (κ2) is 5.92. The summed E-state index contributed by atoms with van der Waals surface area (Å²) < 4.78 is 2.09. The van der Waals surface area contributed by atoms with Gasteiger partial charge in [-0.1, -0.05) is 17.8 Å². The Labute approximate surface area is 95.0 Å². The van der Waals surface area contributed by atoms with Crippen LogP contribution in [0.4, 0.5) is 0 Å². The lowest BCUT2D eigenvalue weighted by atomic mass is 10.4. The number of nitrogens with two attached hydrogens (primary N) is 1. The molecule has 0 unspecified atom stereocenters. The fourth-order valence-corrected chi connectivity index (χ4v) is 2.32. The molecule has 0 aliphatic heterocycles. The highest BCUT2D eigenvalue weighted by Crippen LogP contribution is 2.21. The molecule has 2 N–H and O–H groups in total. The molecule has 84 valence electrons. The van der Waals surface area contributed by atoms with E-state index >= 15 is 0 Å². The molecule has 1 heterocycles. The first-order chi connectivity index (χ1) is 7.20. The molecule has 0 fully saturated rings. The standard InChI is InChI=1S/C10H18N4S/c1-4-5-6-15-10-13-12-9(7-11)14(10)8(2)3/h4,8H,1,5-7,11H2,2-3H3. The second-order valence-electron chi connectivity index (χ2n) is 3.49. The van der Waals surface area contributed by atoms with Crippen LogP contribution in [0.15, 0.2) is 17.8 Å². The van der Waals surface area contributed by atoms with Crippen LogP contribution in [0.1, 0.15) is 32.1 Å². The lowest BCUT2D eigenvalue weighted by Crippen LogP contribution is -2.11. The maximum atomic E-state index is 5.61. The van der Waals surface area contributed by atoms with Gasteiger partial charge in [0, 0.05) is 11.8 Å². The van der Waals surface area contributed by atoms with Crippen molar-refractivity contribution in [1.82, 2.24) is 14.8 Å². The number of rotatable bonds is 6. The molecule has 0 saturated carbocycles. The molecule has 0 amide bonds. The van der Waals surface area contributed by atoms with Gasteiger partial charge in [-0.25, -0.2) is 0 Å². The summed E-state index contributed by atoms with van der Waals surface area (Å²) in [7, 11) is 0. The van der Waals surface area contributed by atoms with Crippen molar-refractivity contribution in [3.8, 4) is 0 Å². The summed E-state index contributed by atoms with van der Waals surface area (Å²) in [6.45, 7) is 8.35.